The van der Waals surface area contributed by atoms with Gasteiger partial charge in [0.1, 0.15) is 0 Å². The van der Waals surface area contributed by atoms with Crippen molar-refractivity contribution in [2.45, 2.75) is 48.7 Å². The Bertz CT molecular complexity index is 1060. The van der Waals surface area contributed by atoms with Crippen LogP contribution in [-0.2, 0) is 19.4 Å². The third kappa shape index (κ3) is 5.37. The largest absolute Gasteiger partial charge is 0.381 e. The van der Waals surface area contributed by atoms with Gasteiger partial charge in [0.15, 0.2) is 26.4 Å². The maximum atomic E-state index is 13.1. The van der Waals surface area contributed by atoms with E-state index in [2.05, 4.69) is 4.98 Å². The van der Waals surface area contributed by atoms with Gasteiger partial charge in [-0.15, -0.1) is 11.3 Å². The second-order valence-electron chi connectivity index (χ2n) is 7.98. The molecule has 1 aromatic carbocycles. The summed E-state index contributed by atoms with van der Waals surface area (Å²) in [5, 5.41) is 1.88. The molecule has 8 heteroatoms. The zero-order valence-corrected chi connectivity index (χ0v) is 18.8. The minimum absolute atomic E-state index is 0.0928. The van der Waals surface area contributed by atoms with E-state index < -0.39 is 9.84 Å². The SMILES string of the molecule is O=C(CCC(=O)c1nccs1)C(=CC1CCOCC1)c1ccc(S(=O)(=O)C2CC2)cc1. The monoisotopic (exact) mass is 459 g/mol. The summed E-state index contributed by atoms with van der Waals surface area (Å²) < 4.78 is 30.4. The highest BCUT2D eigenvalue weighted by Gasteiger charge is 2.36. The van der Waals surface area contributed by atoms with Gasteiger partial charge in [-0.2, -0.15) is 0 Å². The molecule has 164 valence electrons. The second-order valence-corrected chi connectivity index (χ2v) is 11.1. The van der Waals surface area contributed by atoms with Crippen LogP contribution in [0.5, 0.6) is 0 Å². The maximum Gasteiger partial charge on any atom is 0.191 e. The molecule has 0 amide bonds. The molecule has 0 radical (unpaired) electrons. The van der Waals surface area contributed by atoms with Crippen LogP contribution in [0.25, 0.3) is 5.57 Å². The number of sulfone groups is 1. The Hall–Kier alpha value is -2.16. The summed E-state index contributed by atoms with van der Waals surface area (Å²) >= 11 is 1.27. The number of nitrogens with zero attached hydrogens (tertiary/aromatic N) is 1. The lowest BCUT2D eigenvalue weighted by molar-refractivity contribution is -0.113. The standard InChI is InChI=1S/C23H25NO5S2/c25-21(7-8-22(26)23-24-11-14-30-23)20(15-16-9-12-29-13-10-16)17-1-3-18(4-2-17)31(27,28)19-5-6-19/h1-4,11,14-16,19H,5-10,12-13H2. The van der Waals surface area contributed by atoms with Crippen LogP contribution in [0.3, 0.4) is 0 Å². The first-order valence-electron chi connectivity index (χ1n) is 10.5. The van der Waals surface area contributed by atoms with Crippen molar-refractivity contribution < 1.29 is 22.7 Å². The van der Waals surface area contributed by atoms with Gasteiger partial charge in [-0.3, -0.25) is 9.59 Å². The lowest BCUT2D eigenvalue weighted by Gasteiger charge is -2.20. The molecular weight excluding hydrogens is 434 g/mol. The lowest BCUT2D eigenvalue weighted by Crippen LogP contribution is -2.15. The van der Waals surface area contributed by atoms with Crippen molar-refractivity contribution in [1.82, 2.24) is 4.98 Å². The van der Waals surface area contributed by atoms with Crippen LogP contribution < -0.4 is 0 Å². The molecule has 2 heterocycles. The minimum Gasteiger partial charge on any atom is -0.381 e. The van der Waals surface area contributed by atoms with Crippen LogP contribution in [-0.4, -0.2) is 43.4 Å². The third-order valence-electron chi connectivity index (χ3n) is 5.68. The van der Waals surface area contributed by atoms with Crippen LogP contribution >= 0.6 is 11.3 Å². The highest BCUT2D eigenvalue weighted by atomic mass is 32.2. The molecule has 1 aliphatic heterocycles. The first-order chi connectivity index (χ1) is 14.9. The van der Waals surface area contributed by atoms with E-state index in [9.17, 15) is 18.0 Å². The molecule has 6 nitrogen and oxygen atoms in total. The molecule has 31 heavy (non-hydrogen) atoms. The Morgan fingerprint density at radius 2 is 1.77 bits per heavy atom. The summed E-state index contributed by atoms with van der Waals surface area (Å²) in [6.45, 7) is 1.31. The molecular formula is C23H25NO5S2. The van der Waals surface area contributed by atoms with Gasteiger partial charge in [0.25, 0.3) is 0 Å². The summed E-state index contributed by atoms with van der Waals surface area (Å²) in [7, 11) is -3.27. The third-order valence-corrected chi connectivity index (χ3v) is 8.77. The molecule has 4 rings (SSSR count). The number of Topliss-reactive ketones (excluding diaryl/α,β-unsaturated/α-hetero) is 2. The van der Waals surface area contributed by atoms with Crippen LogP contribution in [0.4, 0.5) is 0 Å². The molecule has 0 unspecified atom stereocenters. The molecule has 1 saturated heterocycles. The van der Waals surface area contributed by atoms with E-state index in [4.69, 9.17) is 4.74 Å². The highest BCUT2D eigenvalue weighted by molar-refractivity contribution is 7.92. The summed E-state index contributed by atoms with van der Waals surface area (Å²) in [5.41, 5.74) is 1.24. The van der Waals surface area contributed by atoms with E-state index in [1.165, 1.54) is 11.3 Å². The van der Waals surface area contributed by atoms with Crippen LogP contribution in [0, 0.1) is 5.92 Å². The minimum atomic E-state index is -3.27. The van der Waals surface area contributed by atoms with Gasteiger partial charge in [0, 0.05) is 43.2 Å². The molecule has 1 saturated carbocycles. The molecule has 2 fully saturated rings. The van der Waals surface area contributed by atoms with E-state index in [1.54, 1.807) is 35.8 Å². The van der Waals surface area contributed by atoms with Crippen molar-refractivity contribution >= 4 is 38.3 Å². The number of aromatic nitrogens is 1. The lowest BCUT2D eigenvalue weighted by atomic mass is 9.91. The average molecular weight is 460 g/mol. The van der Waals surface area contributed by atoms with Gasteiger partial charge in [-0.05, 0) is 49.3 Å². The average Bonchev–Trinajstić information content (AvgIpc) is 3.52. The van der Waals surface area contributed by atoms with Crippen molar-refractivity contribution in [3.8, 4) is 0 Å². The Morgan fingerprint density at radius 1 is 1.06 bits per heavy atom. The van der Waals surface area contributed by atoms with E-state index >= 15 is 0 Å². The normalized spacial score (nSPS) is 18.1. The van der Waals surface area contributed by atoms with Crippen molar-refractivity contribution in [1.29, 1.82) is 0 Å². The number of hydrogen-bond donors (Lipinski definition) is 0. The topological polar surface area (TPSA) is 90.4 Å². The summed E-state index contributed by atoms with van der Waals surface area (Å²) in [6, 6.07) is 6.60. The van der Waals surface area contributed by atoms with Crippen molar-refractivity contribution in [3.05, 3.63) is 52.5 Å². The Labute approximate surface area is 186 Å². The van der Waals surface area contributed by atoms with Gasteiger partial charge >= 0.3 is 0 Å². The molecule has 0 atom stereocenters. The van der Waals surface area contributed by atoms with E-state index in [0.717, 1.165) is 12.8 Å². The quantitative estimate of drug-likeness (QED) is 0.414. The predicted octanol–water partition coefficient (Wildman–Crippen LogP) is 4.12. The summed E-state index contributed by atoms with van der Waals surface area (Å²) in [5.74, 6) is -0.0360. The predicted molar refractivity (Wildman–Crippen MR) is 119 cm³/mol. The Morgan fingerprint density at radius 3 is 2.39 bits per heavy atom. The Kier molecular flexibility index (Phi) is 6.79. The molecule has 0 spiro atoms. The fourth-order valence-electron chi connectivity index (χ4n) is 3.69. The zero-order chi connectivity index (χ0) is 21.8. The van der Waals surface area contributed by atoms with Crippen LogP contribution in [0.1, 0.15) is 53.9 Å². The van der Waals surface area contributed by atoms with E-state index in [0.29, 0.717) is 47.1 Å². The molecule has 2 aliphatic rings. The number of ether oxygens (including phenoxy) is 1. The summed E-state index contributed by atoms with van der Waals surface area (Å²) in [6.07, 6.45) is 6.85. The number of thiazole rings is 1. The molecule has 1 aromatic heterocycles. The van der Waals surface area contributed by atoms with Crippen molar-refractivity contribution in [2.24, 2.45) is 5.92 Å². The molecule has 2 aromatic rings. The van der Waals surface area contributed by atoms with Crippen molar-refractivity contribution in [3.63, 3.8) is 0 Å². The zero-order valence-electron chi connectivity index (χ0n) is 17.2. The second kappa shape index (κ2) is 9.54. The number of allylic oxidation sites excluding steroid dienone is 2. The maximum absolute atomic E-state index is 13.1. The van der Waals surface area contributed by atoms with Crippen LogP contribution in [0.15, 0.2) is 46.8 Å². The fraction of sp³-hybridized carbons (Fsp3) is 0.435. The van der Waals surface area contributed by atoms with E-state index in [-0.39, 0.29) is 35.6 Å². The number of rotatable bonds is 9. The first kappa shape index (κ1) is 22.0. The van der Waals surface area contributed by atoms with Crippen molar-refractivity contribution in [2.75, 3.05) is 13.2 Å². The number of hydrogen-bond acceptors (Lipinski definition) is 7. The first-order valence-corrected chi connectivity index (χ1v) is 13.0. The molecule has 0 N–H and O–H groups in total. The van der Waals surface area contributed by atoms with E-state index in [1.807, 2.05) is 6.08 Å². The van der Waals surface area contributed by atoms with Gasteiger partial charge in [-0.1, -0.05) is 18.2 Å². The molecule has 1 aliphatic carbocycles. The number of benzene rings is 1. The van der Waals surface area contributed by atoms with Gasteiger partial charge in [-0.25, -0.2) is 13.4 Å². The van der Waals surface area contributed by atoms with Crippen LogP contribution in [0.2, 0.25) is 0 Å². The van der Waals surface area contributed by atoms with Gasteiger partial charge < -0.3 is 4.74 Å². The number of carbonyl (C=O) groups is 2. The number of carbonyl (C=O) groups excluding carboxylic acids is 2. The molecule has 0 bridgehead atoms. The fourth-order valence-corrected chi connectivity index (χ4v) is 5.96. The highest BCUT2D eigenvalue weighted by Crippen LogP contribution is 2.34. The van der Waals surface area contributed by atoms with Gasteiger partial charge in [0.2, 0.25) is 0 Å². The smallest absolute Gasteiger partial charge is 0.191 e. The number of ketones is 2. The summed E-state index contributed by atoms with van der Waals surface area (Å²) in [4.78, 5) is 29.7. The Balaban J connectivity index is 1.54. The van der Waals surface area contributed by atoms with Gasteiger partial charge in [0.05, 0.1) is 10.1 Å².